The molecule has 0 radical (unpaired) electrons. The van der Waals surface area contributed by atoms with Gasteiger partial charge in [-0.2, -0.15) is 5.10 Å². The van der Waals surface area contributed by atoms with Crippen molar-refractivity contribution in [3.8, 4) is 0 Å². The van der Waals surface area contributed by atoms with Gasteiger partial charge in [-0.25, -0.2) is 9.97 Å². The maximum absolute atomic E-state index is 10.6. The van der Waals surface area contributed by atoms with E-state index in [9.17, 15) is 5.11 Å². The van der Waals surface area contributed by atoms with Gasteiger partial charge in [0.25, 0.3) is 0 Å². The third-order valence-corrected chi connectivity index (χ3v) is 5.48. The lowest BCUT2D eigenvalue weighted by Gasteiger charge is -2.32. The summed E-state index contributed by atoms with van der Waals surface area (Å²) in [4.78, 5) is 8.53. The summed E-state index contributed by atoms with van der Waals surface area (Å²) in [6, 6.07) is 10.8. The Kier molecular flexibility index (Phi) is 5.11. The van der Waals surface area contributed by atoms with Crippen molar-refractivity contribution in [2.45, 2.75) is 50.7 Å². The highest BCUT2D eigenvalue weighted by molar-refractivity contribution is 5.85. The normalized spacial score (nSPS) is 21.6. The number of fused-ring (bicyclic) bond motifs is 1. The highest BCUT2D eigenvalue weighted by Gasteiger charge is 2.26. The molecule has 1 aromatic carbocycles. The smallest absolute Gasteiger partial charge is 0.160 e. The van der Waals surface area contributed by atoms with E-state index in [1.807, 2.05) is 6.07 Å². The molecule has 2 aromatic heterocycles. The Morgan fingerprint density at radius 1 is 1.12 bits per heavy atom. The predicted molar refractivity (Wildman–Crippen MR) is 102 cm³/mol. The van der Waals surface area contributed by atoms with E-state index in [4.69, 9.17) is 0 Å². The fourth-order valence-electron chi connectivity index (χ4n) is 3.92. The predicted octanol–water partition coefficient (Wildman–Crippen LogP) is 3.32. The molecule has 0 spiro atoms. The van der Waals surface area contributed by atoms with Crippen molar-refractivity contribution in [3.63, 3.8) is 0 Å². The highest BCUT2D eigenvalue weighted by Crippen LogP contribution is 2.31. The zero-order valence-corrected chi connectivity index (χ0v) is 14.8. The molecule has 6 heteroatoms. The molecule has 0 bridgehead atoms. The van der Waals surface area contributed by atoms with Crippen LogP contribution in [0.4, 0.5) is 5.82 Å². The monoisotopic (exact) mass is 351 g/mol. The topological polar surface area (TPSA) is 86.7 Å². The zero-order valence-electron chi connectivity index (χ0n) is 14.8. The first-order valence-electron chi connectivity index (χ1n) is 9.42. The Labute approximate surface area is 153 Å². The quantitative estimate of drug-likeness (QED) is 0.634. The largest absolute Gasteiger partial charge is 0.393 e. The minimum absolute atomic E-state index is 0.212. The van der Waals surface area contributed by atoms with E-state index in [0.29, 0.717) is 12.0 Å². The van der Waals surface area contributed by atoms with Gasteiger partial charge in [0, 0.05) is 6.04 Å². The number of aromatic amines is 1. The number of hydrogen-bond donors (Lipinski definition) is 3. The SMILES string of the molecule is O[C@H](CCc1ccccc1)C1CCC(Nc2ncnc3[nH]ncc23)CC1. The molecular formula is C20H25N5O. The number of nitrogens with one attached hydrogen (secondary N) is 2. The van der Waals surface area contributed by atoms with E-state index in [2.05, 4.69) is 49.7 Å². The second-order valence-corrected chi connectivity index (χ2v) is 7.20. The van der Waals surface area contributed by atoms with Crippen LogP contribution in [-0.4, -0.2) is 37.4 Å². The maximum Gasteiger partial charge on any atom is 0.160 e. The Morgan fingerprint density at radius 2 is 1.92 bits per heavy atom. The molecule has 0 aliphatic heterocycles. The first-order valence-corrected chi connectivity index (χ1v) is 9.42. The number of aromatic nitrogens is 4. The summed E-state index contributed by atoms with van der Waals surface area (Å²) in [5.74, 6) is 1.24. The summed E-state index contributed by atoms with van der Waals surface area (Å²) in [5, 5.41) is 21.9. The number of rotatable bonds is 6. The Hall–Kier alpha value is -2.47. The number of benzene rings is 1. The summed E-state index contributed by atoms with van der Waals surface area (Å²) in [7, 11) is 0. The molecule has 1 fully saturated rings. The van der Waals surface area contributed by atoms with Crippen LogP contribution >= 0.6 is 0 Å². The molecule has 4 rings (SSSR count). The van der Waals surface area contributed by atoms with Crippen molar-refractivity contribution < 1.29 is 5.11 Å². The van der Waals surface area contributed by atoms with Crippen molar-refractivity contribution in [2.24, 2.45) is 5.92 Å². The second kappa shape index (κ2) is 7.83. The molecule has 1 aliphatic rings. The third-order valence-electron chi connectivity index (χ3n) is 5.48. The van der Waals surface area contributed by atoms with E-state index < -0.39 is 0 Å². The molecular weight excluding hydrogens is 326 g/mol. The van der Waals surface area contributed by atoms with Gasteiger partial charge in [0.2, 0.25) is 0 Å². The van der Waals surface area contributed by atoms with Crippen molar-refractivity contribution in [3.05, 3.63) is 48.4 Å². The summed E-state index contributed by atoms with van der Waals surface area (Å²) < 4.78 is 0. The fourth-order valence-corrected chi connectivity index (χ4v) is 3.92. The van der Waals surface area contributed by atoms with Gasteiger partial charge in [-0.3, -0.25) is 5.10 Å². The van der Waals surface area contributed by atoms with Crippen LogP contribution in [0.1, 0.15) is 37.7 Å². The van der Waals surface area contributed by atoms with Crippen LogP contribution in [0.15, 0.2) is 42.9 Å². The molecule has 0 saturated heterocycles. The Balaban J connectivity index is 1.28. The number of aryl methyl sites for hydroxylation is 1. The van der Waals surface area contributed by atoms with Gasteiger partial charge >= 0.3 is 0 Å². The van der Waals surface area contributed by atoms with E-state index in [1.165, 1.54) is 5.56 Å². The number of aliphatic hydroxyl groups is 1. The average molecular weight is 351 g/mol. The van der Waals surface area contributed by atoms with Gasteiger partial charge in [0.15, 0.2) is 5.65 Å². The molecule has 1 atom stereocenters. The molecule has 0 unspecified atom stereocenters. The molecule has 136 valence electrons. The van der Waals surface area contributed by atoms with E-state index in [1.54, 1.807) is 12.5 Å². The fraction of sp³-hybridized carbons (Fsp3) is 0.450. The van der Waals surface area contributed by atoms with Gasteiger partial charge in [-0.05, 0) is 50.0 Å². The number of hydrogen-bond acceptors (Lipinski definition) is 5. The second-order valence-electron chi connectivity index (χ2n) is 7.20. The minimum atomic E-state index is -0.212. The summed E-state index contributed by atoms with van der Waals surface area (Å²) in [6.07, 6.45) is 9.09. The molecule has 1 aliphatic carbocycles. The lowest BCUT2D eigenvalue weighted by Crippen LogP contribution is -2.32. The molecule has 0 amide bonds. The molecule has 3 N–H and O–H groups in total. The van der Waals surface area contributed by atoms with Crippen molar-refractivity contribution in [1.29, 1.82) is 0 Å². The van der Waals surface area contributed by atoms with Crippen LogP contribution in [0.2, 0.25) is 0 Å². The highest BCUT2D eigenvalue weighted by atomic mass is 16.3. The standard InChI is InChI=1S/C20H25N5O/c26-18(11-6-14-4-2-1-3-5-14)15-7-9-16(10-8-15)24-19-17-12-23-25-20(17)22-13-21-19/h1-5,12-13,15-16,18,26H,6-11H2,(H2,21,22,23,24,25)/t15?,16?,18-/m1/s1. The lowest BCUT2D eigenvalue weighted by molar-refractivity contribution is 0.0755. The minimum Gasteiger partial charge on any atom is -0.393 e. The van der Waals surface area contributed by atoms with Crippen molar-refractivity contribution in [1.82, 2.24) is 20.2 Å². The number of aliphatic hydroxyl groups excluding tert-OH is 1. The Bertz CT molecular complexity index is 826. The third kappa shape index (κ3) is 3.85. The number of nitrogens with zero attached hydrogens (tertiary/aromatic N) is 3. The van der Waals surface area contributed by atoms with E-state index in [0.717, 1.165) is 55.4 Å². The molecule has 1 saturated carbocycles. The van der Waals surface area contributed by atoms with Crippen LogP contribution in [0.25, 0.3) is 11.0 Å². The van der Waals surface area contributed by atoms with Gasteiger partial charge in [0.05, 0.1) is 17.7 Å². The molecule has 26 heavy (non-hydrogen) atoms. The van der Waals surface area contributed by atoms with Gasteiger partial charge < -0.3 is 10.4 Å². The Morgan fingerprint density at radius 3 is 2.73 bits per heavy atom. The van der Waals surface area contributed by atoms with Crippen molar-refractivity contribution in [2.75, 3.05) is 5.32 Å². The van der Waals surface area contributed by atoms with Gasteiger partial charge in [-0.15, -0.1) is 0 Å². The van der Waals surface area contributed by atoms with Crippen LogP contribution in [0.5, 0.6) is 0 Å². The summed E-state index contributed by atoms with van der Waals surface area (Å²) in [5.41, 5.74) is 2.06. The van der Waals surface area contributed by atoms with E-state index in [-0.39, 0.29) is 6.10 Å². The number of H-pyrrole nitrogens is 1. The summed E-state index contributed by atoms with van der Waals surface area (Å²) >= 11 is 0. The van der Waals surface area contributed by atoms with Crippen LogP contribution in [0, 0.1) is 5.92 Å². The number of anilines is 1. The molecule has 2 heterocycles. The first kappa shape index (κ1) is 17.0. The zero-order chi connectivity index (χ0) is 17.8. The first-order chi connectivity index (χ1) is 12.8. The van der Waals surface area contributed by atoms with Crippen LogP contribution in [-0.2, 0) is 6.42 Å². The molecule has 3 aromatic rings. The van der Waals surface area contributed by atoms with Crippen LogP contribution < -0.4 is 5.32 Å². The van der Waals surface area contributed by atoms with Crippen LogP contribution in [0.3, 0.4) is 0 Å². The average Bonchev–Trinajstić information content (AvgIpc) is 3.17. The van der Waals surface area contributed by atoms with Crippen molar-refractivity contribution >= 4 is 16.9 Å². The summed E-state index contributed by atoms with van der Waals surface area (Å²) in [6.45, 7) is 0. The van der Waals surface area contributed by atoms with Gasteiger partial charge in [0.1, 0.15) is 12.1 Å². The molecule has 6 nitrogen and oxygen atoms in total. The van der Waals surface area contributed by atoms with E-state index >= 15 is 0 Å². The maximum atomic E-state index is 10.6. The lowest BCUT2D eigenvalue weighted by atomic mass is 9.81. The van der Waals surface area contributed by atoms with Gasteiger partial charge in [-0.1, -0.05) is 30.3 Å².